The van der Waals surface area contributed by atoms with E-state index in [0.717, 1.165) is 0 Å². The van der Waals surface area contributed by atoms with Crippen LogP contribution in [0.1, 0.15) is 0 Å². The molecular formula is C7H9F4O2P. The van der Waals surface area contributed by atoms with Gasteiger partial charge in [-0.3, -0.25) is 0 Å². The Kier molecular flexibility index (Phi) is 2.67. The van der Waals surface area contributed by atoms with Crippen LogP contribution in [0.25, 0.3) is 0 Å². The predicted molar refractivity (Wildman–Crippen MR) is 44.2 cm³/mol. The minimum atomic E-state index is -4.65. The zero-order chi connectivity index (χ0) is 11.2. The van der Waals surface area contributed by atoms with Gasteiger partial charge in [0, 0.05) is 0 Å². The minimum absolute atomic E-state index is 0.494. The molecule has 1 rings (SSSR count). The van der Waals surface area contributed by atoms with E-state index in [2.05, 4.69) is 0 Å². The van der Waals surface area contributed by atoms with E-state index in [4.69, 9.17) is 5.11 Å². The topological polar surface area (TPSA) is 40.5 Å². The molecule has 0 aliphatic heterocycles. The Labute approximate surface area is 79.4 Å². The van der Waals surface area contributed by atoms with Gasteiger partial charge >= 0.3 is 11.8 Å². The Morgan fingerprint density at radius 2 is 1.79 bits per heavy atom. The predicted octanol–water partition coefficient (Wildman–Crippen LogP) is 1.18. The minimum Gasteiger partial charge on any atom is -0.382 e. The standard InChI is InChI=1S/C7H9F4O2P/c1-14-5(13)3-2-4(12)6(8,9)7(5,10)11/h2-4,12-14H,1H3. The van der Waals surface area contributed by atoms with Crippen LogP contribution in [0.15, 0.2) is 12.2 Å². The van der Waals surface area contributed by atoms with Crippen molar-refractivity contribution >= 4 is 8.58 Å². The van der Waals surface area contributed by atoms with Crippen LogP contribution >= 0.6 is 8.58 Å². The Balaban J connectivity index is 3.24. The summed E-state index contributed by atoms with van der Waals surface area (Å²) in [5, 5.41) is 15.1. The molecule has 2 N–H and O–H groups in total. The number of aliphatic hydroxyl groups excluding tert-OH is 1. The lowest BCUT2D eigenvalue weighted by Crippen LogP contribution is -2.62. The van der Waals surface area contributed by atoms with Crippen LogP contribution in [0.2, 0.25) is 0 Å². The van der Waals surface area contributed by atoms with Crippen molar-refractivity contribution < 1.29 is 27.8 Å². The van der Waals surface area contributed by atoms with E-state index in [1.165, 1.54) is 6.66 Å². The monoisotopic (exact) mass is 232 g/mol. The molecule has 7 heteroatoms. The highest BCUT2D eigenvalue weighted by Crippen LogP contribution is 2.53. The Bertz CT molecular complexity index is 268. The van der Waals surface area contributed by atoms with Gasteiger partial charge in [0.2, 0.25) is 0 Å². The SMILES string of the molecule is CPC1(O)C=CC(O)C(F)(F)C1(F)F. The van der Waals surface area contributed by atoms with Crippen LogP contribution in [0.3, 0.4) is 0 Å². The summed E-state index contributed by atoms with van der Waals surface area (Å²) < 4.78 is 51.9. The molecular weight excluding hydrogens is 223 g/mol. The first kappa shape index (κ1) is 11.9. The van der Waals surface area contributed by atoms with Crippen LogP contribution in [0.4, 0.5) is 17.6 Å². The van der Waals surface area contributed by atoms with Gasteiger partial charge in [-0.15, -0.1) is 0 Å². The first-order valence-electron chi connectivity index (χ1n) is 3.73. The number of alkyl halides is 4. The molecule has 0 aromatic rings. The van der Waals surface area contributed by atoms with Gasteiger partial charge in [-0.05, 0) is 12.7 Å². The highest BCUT2D eigenvalue weighted by atomic mass is 31.1. The van der Waals surface area contributed by atoms with Crippen molar-refractivity contribution in [2.45, 2.75) is 23.3 Å². The summed E-state index contributed by atoms with van der Waals surface area (Å²) in [4.78, 5) is 0. The van der Waals surface area contributed by atoms with Crippen molar-refractivity contribution in [2.75, 3.05) is 6.66 Å². The Hall–Kier alpha value is -0.190. The Morgan fingerprint density at radius 1 is 1.29 bits per heavy atom. The van der Waals surface area contributed by atoms with E-state index in [9.17, 15) is 22.7 Å². The molecule has 2 nitrogen and oxygen atoms in total. The fourth-order valence-electron chi connectivity index (χ4n) is 1.14. The fourth-order valence-corrected chi connectivity index (χ4v) is 1.88. The maximum absolute atomic E-state index is 13.1. The molecule has 1 aliphatic rings. The van der Waals surface area contributed by atoms with Gasteiger partial charge in [0.25, 0.3) is 0 Å². The van der Waals surface area contributed by atoms with Crippen molar-refractivity contribution in [3.8, 4) is 0 Å². The number of hydrogen-bond donors (Lipinski definition) is 2. The second-order valence-electron chi connectivity index (χ2n) is 3.02. The van der Waals surface area contributed by atoms with Gasteiger partial charge in [-0.1, -0.05) is 14.7 Å². The molecule has 0 spiro atoms. The van der Waals surface area contributed by atoms with Crippen LogP contribution in [0.5, 0.6) is 0 Å². The van der Waals surface area contributed by atoms with E-state index in [0.29, 0.717) is 12.2 Å². The molecule has 0 saturated heterocycles. The second kappa shape index (κ2) is 3.15. The first-order chi connectivity index (χ1) is 6.19. The second-order valence-corrected chi connectivity index (χ2v) is 4.28. The molecule has 0 saturated carbocycles. The van der Waals surface area contributed by atoms with Gasteiger partial charge in [-0.2, -0.15) is 17.6 Å². The van der Waals surface area contributed by atoms with Crippen LogP contribution < -0.4 is 0 Å². The highest BCUT2D eigenvalue weighted by Gasteiger charge is 2.71. The average Bonchev–Trinajstić information content (AvgIpc) is 2.10. The molecule has 82 valence electrons. The number of halogens is 4. The molecule has 0 fully saturated rings. The van der Waals surface area contributed by atoms with E-state index in [-0.39, 0.29) is 0 Å². The third-order valence-electron chi connectivity index (χ3n) is 2.17. The van der Waals surface area contributed by atoms with E-state index in [1.807, 2.05) is 0 Å². The van der Waals surface area contributed by atoms with Crippen molar-refractivity contribution in [3.63, 3.8) is 0 Å². The van der Waals surface area contributed by atoms with Crippen molar-refractivity contribution in [3.05, 3.63) is 12.2 Å². The summed E-state index contributed by atoms with van der Waals surface area (Å²) in [6, 6.07) is 0. The van der Waals surface area contributed by atoms with E-state index in [1.54, 1.807) is 0 Å². The van der Waals surface area contributed by atoms with Crippen LogP contribution in [0, 0.1) is 0 Å². The first-order valence-corrected chi connectivity index (χ1v) is 5.23. The van der Waals surface area contributed by atoms with Crippen molar-refractivity contribution in [2.24, 2.45) is 0 Å². The zero-order valence-corrected chi connectivity index (χ0v) is 8.14. The lowest BCUT2D eigenvalue weighted by atomic mass is 9.93. The summed E-state index contributed by atoms with van der Waals surface area (Å²) in [6.07, 6.45) is -1.53. The van der Waals surface area contributed by atoms with Crippen LogP contribution in [-0.2, 0) is 0 Å². The smallest absolute Gasteiger partial charge is 0.348 e. The molecule has 3 unspecified atom stereocenters. The molecule has 0 aromatic carbocycles. The summed E-state index contributed by atoms with van der Waals surface area (Å²) in [5.41, 5.74) is 0. The van der Waals surface area contributed by atoms with Gasteiger partial charge in [0.15, 0.2) is 5.34 Å². The van der Waals surface area contributed by atoms with Gasteiger partial charge in [0.05, 0.1) is 0 Å². The third-order valence-corrected chi connectivity index (χ3v) is 3.41. The van der Waals surface area contributed by atoms with Crippen LogP contribution in [-0.4, -0.2) is 40.2 Å². The molecule has 0 heterocycles. The molecule has 0 amide bonds. The maximum atomic E-state index is 13.1. The molecule has 1 aliphatic carbocycles. The van der Waals surface area contributed by atoms with Crippen molar-refractivity contribution in [1.29, 1.82) is 0 Å². The summed E-state index contributed by atoms with van der Waals surface area (Å²) in [6.45, 7) is 1.19. The highest BCUT2D eigenvalue weighted by molar-refractivity contribution is 7.39. The fraction of sp³-hybridized carbons (Fsp3) is 0.714. The molecule has 3 atom stereocenters. The molecule has 0 aromatic heterocycles. The normalized spacial score (nSPS) is 40.6. The van der Waals surface area contributed by atoms with E-state index < -0.39 is 31.9 Å². The largest absolute Gasteiger partial charge is 0.382 e. The lowest BCUT2D eigenvalue weighted by Gasteiger charge is -2.41. The Morgan fingerprint density at radius 3 is 2.21 bits per heavy atom. The summed E-state index contributed by atoms with van der Waals surface area (Å²) in [5.74, 6) is -9.29. The van der Waals surface area contributed by atoms with Gasteiger partial charge in [0.1, 0.15) is 6.10 Å². The number of rotatable bonds is 1. The van der Waals surface area contributed by atoms with Crippen molar-refractivity contribution in [1.82, 2.24) is 0 Å². The molecule has 0 bridgehead atoms. The number of aliphatic hydroxyl groups is 2. The summed E-state index contributed by atoms with van der Waals surface area (Å²) >= 11 is 0. The van der Waals surface area contributed by atoms with Gasteiger partial charge in [-0.25, -0.2) is 0 Å². The molecule has 0 radical (unpaired) electrons. The molecule has 14 heavy (non-hydrogen) atoms. The maximum Gasteiger partial charge on any atom is 0.348 e. The van der Waals surface area contributed by atoms with Gasteiger partial charge < -0.3 is 10.2 Å². The quantitative estimate of drug-likeness (QED) is 0.405. The third kappa shape index (κ3) is 1.28. The van der Waals surface area contributed by atoms with E-state index >= 15 is 0 Å². The zero-order valence-electron chi connectivity index (χ0n) is 7.14. The summed E-state index contributed by atoms with van der Waals surface area (Å²) in [7, 11) is -0.805. The number of hydrogen-bond acceptors (Lipinski definition) is 2. The average molecular weight is 232 g/mol. The lowest BCUT2D eigenvalue weighted by molar-refractivity contribution is -0.285.